The number of carbonyl (C=O) groups excluding carboxylic acids is 1. The second kappa shape index (κ2) is 6.40. The van der Waals surface area contributed by atoms with Gasteiger partial charge in [0.2, 0.25) is 0 Å². The number of carbonyl (C=O) groups is 1. The maximum Gasteiger partial charge on any atom is 0.254 e. The molecule has 1 amide bonds. The van der Waals surface area contributed by atoms with Crippen LogP contribution >= 0.6 is 11.6 Å². The van der Waals surface area contributed by atoms with Gasteiger partial charge in [-0.1, -0.05) is 18.5 Å². The molecule has 1 aliphatic rings. The van der Waals surface area contributed by atoms with Crippen LogP contribution in [0.1, 0.15) is 35.7 Å². The first-order valence-corrected chi connectivity index (χ1v) is 7.29. The normalized spacial score (nSPS) is 18.6. The largest absolute Gasteiger partial charge is 0.334 e. The average molecular weight is 281 g/mol. The summed E-state index contributed by atoms with van der Waals surface area (Å²) in [6.07, 6.45) is 2.02. The molecule has 0 bridgehead atoms. The van der Waals surface area contributed by atoms with Crippen molar-refractivity contribution in [1.29, 1.82) is 0 Å². The van der Waals surface area contributed by atoms with Crippen LogP contribution in [0.3, 0.4) is 0 Å². The molecule has 4 heteroatoms. The highest BCUT2D eigenvalue weighted by Gasteiger charge is 2.27. The van der Waals surface area contributed by atoms with Crippen molar-refractivity contribution in [2.75, 3.05) is 19.6 Å². The lowest BCUT2D eigenvalue weighted by Gasteiger charge is -2.29. The van der Waals surface area contributed by atoms with Crippen molar-refractivity contribution in [3.63, 3.8) is 0 Å². The number of aryl methyl sites for hydroxylation is 1. The summed E-state index contributed by atoms with van der Waals surface area (Å²) in [5, 5.41) is 4.01. The van der Waals surface area contributed by atoms with Gasteiger partial charge in [-0.25, -0.2) is 0 Å². The zero-order valence-electron chi connectivity index (χ0n) is 11.6. The summed E-state index contributed by atoms with van der Waals surface area (Å²) in [5.41, 5.74) is 1.72. The van der Waals surface area contributed by atoms with Gasteiger partial charge in [0.1, 0.15) is 0 Å². The van der Waals surface area contributed by atoms with Crippen LogP contribution in [0.2, 0.25) is 5.02 Å². The molecule has 3 nitrogen and oxygen atoms in total. The molecule has 1 aromatic rings. The summed E-state index contributed by atoms with van der Waals surface area (Å²) in [4.78, 5) is 14.7. The van der Waals surface area contributed by atoms with Gasteiger partial charge in [0.25, 0.3) is 5.91 Å². The van der Waals surface area contributed by atoms with Crippen LogP contribution in [0.4, 0.5) is 0 Å². The van der Waals surface area contributed by atoms with E-state index in [9.17, 15) is 4.79 Å². The van der Waals surface area contributed by atoms with E-state index in [2.05, 4.69) is 12.2 Å². The molecule has 1 heterocycles. The molecule has 0 radical (unpaired) electrons. The van der Waals surface area contributed by atoms with Gasteiger partial charge in [0.05, 0.1) is 0 Å². The Morgan fingerprint density at radius 1 is 1.53 bits per heavy atom. The molecule has 0 aliphatic carbocycles. The standard InChI is InChI=1S/C15H21ClN2O/c1-3-8-18(13-6-7-17-10-13)15(19)14-5-4-12(16)9-11(14)2/h4-5,9,13,17H,3,6-8,10H2,1-2H3. The Morgan fingerprint density at radius 3 is 2.89 bits per heavy atom. The van der Waals surface area contributed by atoms with E-state index in [-0.39, 0.29) is 5.91 Å². The van der Waals surface area contributed by atoms with Gasteiger partial charge in [-0.2, -0.15) is 0 Å². The second-order valence-corrected chi connectivity index (χ2v) is 5.54. The number of nitrogens with zero attached hydrogens (tertiary/aromatic N) is 1. The third kappa shape index (κ3) is 3.28. The highest BCUT2D eigenvalue weighted by atomic mass is 35.5. The molecule has 1 N–H and O–H groups in total. The number of halogens is 1. The smallest absolute Gasteiger partial charge is 0.254 e. The van der Waals surface area contributed by atoms with E-state index in [4.69, 9.17) is 11.6 Å². The highest BCUT2D eigenvalue weighted by Crippen LogP contribution is 2.19. The van der Waals surface area contributed by atoms with Crippen LogP contribution in [-0.2, 0) is 0 Å². The first-order valence-electron chi connectivity index (χ1n) is 6.91. The van der Waals surface area contributed by atoms with E-state index in [0.717, 1.165) is 43.6 Å². The van der Waals surface area contributed by atoms with Gasteiger partial charge in [0, 0.05) is 29.7 Å². The molecule has 19 heavy (non-hydrogen) atoms. The molecule has 2 rings (SSSR count). The molecule has 1 aliphatic heterocycles. The van der Waals surface area contributed by atoms with E-state index in [1.54, 1.807) is 6.07 Å². The lowest BCUT2D eigenvalue weighted by atomic mass is 10.1. The fourth-order valence-corrected chi connectivity index (χ4v) is 2.84. The Balaban J connectivity index is 2.22. The summed E-state index contributed by atoms with van der Waals surface area (Å²) in [6.45, 7) is 6.76. The maximum absolute atomic E-state index is 12.7. The summed E-state index contributed by atoms with van der Waals surface area (Å²) >= 11 is 5.95. The van der Waals surface area contributed by atoms with Gasteiger partial charge in [-0.3, -0.25) is 4.79 Å². The van der Waals surface area contributed by atoms with Crippen molar-refractivity contribution >= 4 is 17.5 Å². The summed E-state index contributed by atoms with van der Waals surface area (Å²) in [6, 6.07) is 5.80. The third-order valence-electron chi connectivity index (χ3n) is 3.62. The van der Waals surface area contributed by atoms with Crippen molar-refractivity contribution in [2.45, 2.75) is 32.7 Å². The second-order valence-electron chi connectivity index (χ2n) is 5.10. The van der Waals surface area contributed by atoms with Gasteiger partial charge in [0.15, 0.2) is 0 Å². The van der Waals surface area contributed by atoms with Crippen molar-refractivity contribution in [3.05, 3.63) is 34.3 Å². The van der Waals surface area contributed by atoms with E-state index in [1.165, 1.54) is 0 Å². The lowest BCUT2D eigenvalue weighted by molar-refractivity contribution is 0.0691. The van der Waals surface area contributed by atoms with E-state index in [0.29, 0.717) is 11.1 Å². The minimum Gasteiger partial charge on any atom is -0.334 e. The Bertz CT molecular complexity index is 455. The Kier molecular flexibility index (Phi) is 4.83. The summed E-state index contributed by atoms with van der Waals surface area (Å²) in [5.74, 6) is 0.129. The lowest BCUT2D eigenvalue weighted by Crippen LogP contribution is -2.42. The number of rotatable bonds is 4. The molecule has 0 aromatic heterocycles. The van der Waals surface area contributed by atoms with Crippen molar-refractivity contribution in [1.82, 2.24) is 10.2 Å². The highest BCUT2D eigenvalue weighted by molar-refractivity contribution is 6.30. The zero-order valence-corrected chi connectivity index (χ0v) is 12.3. The number of benzene rings is 1. The van der Waals surface area contributed by atoms with Crippen LogP contribution in [0.15, 0.2) is 18.2 Å². The molecular weight excluding hydrogens is 260 g/mol. The molecule has 1 saturated heterocycles. The van der Waals surface area contributed by atoms with E-state index in [1.807, 2.05) is 24.0 Å². The zero-order chi connectivity index (χ0) is 13.8. The fourth-order valence-electron chi connectivity index (χ4n) is 2.62. The molecule has 1 aromatic carbocycles. The molecule has 104 valence electrons. The first-order chi connectivity index (χ1) is 9.13. The molecule has 1 atom stereocenters. The van der Waals surface area contributed by atoms with E-state index < -0.39 is 0 Å². The molecular formula is C15H21ClN2O. The summed E-state index contributed by atoms with van der Waals surface area (Å²) in [7, 11) is 0. The van der Waals surface area contributed by atoms with Gasteiger partial charge in [-0.15, -0.1) is 0 Å². The predicted octanol–water partition coefficient (Wildman–Crippen LogP) is 2.86. The molecule has 0 spiro atoms. The van der Waals surface area contributed by atoms with Crippen LogP contribution in [-0.4, -0.2) is 36.5 Å². The number of hydrogen-bond acceptors (Lipinski definition) is 2. The van der Waals surface area contributed by atoms with Gasteiger partial charge >= 0.3 is 0 Å². The van der Waals surface area contributed by atoms with Gasteiger partial charge < -0.3 is 10.2 Å². The van der Waals surface area contributed by atoms with Gasteiger partial charge in [-0.05, 0) is 50.1 Å². The van der Waals surface area contributed by atoms with Crippen molar-refractivity contribution in [3.8, 4) is 0 Å². The quantitative estimate of drug-likeness (QED) is 0.920. The topological polar surface area (TPSA) is 32.3 Å². The number of amides is 1. The number of nitrogens with one attached hydrogen (secondary N) is 1. The monoisotopic (exact) mass is 280 g/mol. The fraction of sp³-hybridized carbons (Fsp3) is 0.533. The van der Waals surface area contributed by atoms with E-state index >= 15 is 0 Å². The Morgan fingerprint density at radius 2 is 2.32 bits per heavy atom. The SMILES string of the molecule is CCCN(C(=O)c1ccc(Cl)cc1C)C1CCNC1. The summed E-state index contributed by atoms with van der Waals surface area (Å²) < 4.78 is 0. The third-order valence-corrected chi connectivity index (χ3v) is 3.85. The Hall–Kier alpha value is -1.06. The van der Waals surface area contributed by atoms with Crippen molar-refractivity contribution < 1.29 is 4.79 Å². The van der Waals surface area contributed by atoms with Crippen LogP contribution in [0.5, 0.6) is 0 Å². The van der Waals surface area contributed by atoms with Crippen molar-refractivity contribution in [2.24, 2.45) is 0 Å². The molecule has 1 unspecified atom stereocenters. The maximum atomic E-state index is 12.7. The number of hydrogen-bond donors (Lipinski definition) is 1. The Labute approximate surface area is 119 Å². The van der Waals surface area contributed by atoms with Crippen LogP contribution in [0, 0.1) is 6.92 Å². The minimum atomic E-state index is 0.129. The predicted molar refractivity (Wildman–Crippen MR) is 78.8 cm³/mol. The molecule has 1 fully saturated rings. The molecule has 0 saturated carbocycles. The minimum absolute atomic E-state index is 0.129. The van der Waals surface area contributed by atoms with Crippen LogP contribution in [0.25, 0.3) is 0 Å². The van der Waals surface area contributed by atoms with Crippen LogP contribution < -0.4 is 5.32 Å². The average Bonchev–Trinajstić information content (AvgIpc) is 2.89. The first kappa shape index (κ1) is 14.4.